The van der Waals surface area contributed by atoms with E-state index in [1.54, 1.807) is 19.1 Å². The molecule has 0 spiro atoms. The number of carbonyl (C=O) groups excluding carboxylic acids is 1. The van der Waals surface area contributed by atoms with Crippen LogP contribution in [0.1, 0.15) is 22.2 Å². The molecule has 3 aromatic rings. The first-order valence-corrected chi connectivity index (χ1v) is 10.4. The van der Waals surface area contributed by atoms with E-state index in [4.69, 9.17) is 14.5 Å². The number of nitrogens with zero attached hydrogens (tertiary/aromatic N) is 4. The van der Waals surface area contributed by atoms with E-state index in [-0.39, 0.29) is 18.3 Å². The van der Waals surface area contributed by atoms with Crippen LogP contribution < -0.4 is 4.90 Å². The molecule has 0 aliphatic carbocycles. The third-order valence-corrected chi connectivity index (χ3v) is 6.02. The Morgan fingerprint density at radius 2 is 2.10 bits per heavy atom. The van der Waals surface area contributed by atoms with Crippen LogP contribution in [-0.4, -0.2) is 53.8 Å². The molecule has 2 aromatic heterocycles. The first kappa shape index (κ1) is 20.2. The Morgan fingerprint density at radius 3 is 2.80 bits per heavy atom. The van der Waals surface area contributed by atoms with Crippen LogP contribution in [0.3, 0.4) is 0 Å². The molecule has 9 nitrogen and oxygen atoms in total. The van der Waals surface area contributed by atoms with Gasteiger partial charge in [0.15, 0.2) is 5.82 Å². The van der Waals surface area contributed by atoms with Crippen molar-refractivity contribution in [1.29, 1.82) is 0 Å². The van der Waals surface area contributed by atoms with Gasteiger partial charge < -0.3 is 14.4 Å². The summed E-state index contributed by atoms with van der Waals surface area (Å²) in [5.74, 6) is 0.696. The van der Waals surface area contributed by atoms with Gasteiger partial charge in [0.25, 0.3) is 5.69 Å². The van der Waals surface area contributed by atoms with Crippen molar-refractivity contribution in [2.75, 3.05) is 37.8 Å². The third kappa shape index (κ3) is 3.71. The molecule has 30 heavy (non-hydrogen) atoms. The van der Waals surface area contributed by atoms with Crippen molar-refractivity contribution < 1.29 is 19.2 Å². The summed E-state index contributed by atoms with van der Waals surface area (Å²) in [6, 6.07) is 6.24. The van der Waals surface area contributed by atoms with Gasteiger partial charge in [0.2, 0.25) is 0 Å². The van der Waals surface area contributed by atoms with E-state index < -0.39 is 4.92 Å². The third-order valence-electron chi connectivity index (χ3n) is 4.86. The predicted molar refractivity (Wildman–Crippen MR) is 113 cm³/mol. The highest BCUT2D eigenvalue weighted by Crippen LogP contribution is 2.38. The van der Waals surface area contributed by atoms with Gasteiger partial charge in [-0.2, -0.15) is 0 Å². The van der Waals surface area contributed by atoms with Crippen LogP contribution in [0.25, 0.3) is 21.6 Å². The van der Waals surface area contributed by atoms with Gasteiger partial charge >= 0.3 is 5.97 Å². The Morgan fingerprint density at radius 1 is 1.33 bits per heavy atom. The Labute approximate surface area is 176 Å². The van der Waals surface area contributed by atoms with Crippen LogP contribution in [0, 0.1) is 17.0 Å². The van der Waals surface area contributed by atoms with E-state index in [1.165, 1.54) is 23.5 Å². The topological polar surface area (TPSA) is 108 Å². The summed E-state index contributed by atoms with van der Waals surface area (Å²) in [5.41, 5.74) is 1.29. The maximum atomic E-state index is 12.4. The van der Waals surface area contributed by atoms with E-state index in [0.29, 0.717) is 53.2 Å². The number of carbonyl (C=O) groups is 1. The van der Waals surface area contributed by atoms with Crippen LogP contribution in [-0.2, 0) is 9.47 Å². The molecule has 1 fully saturated rings. The lowest BCUT2D eigenvalue weighted by Gasteiger charge is -2.28. The molecule has 0 bridgehead atoms. The number of morpholine rings is 1. The molecule has 10 heteroatoms. The summed E-state index contributed by atoms with van der Waals surface area (Å²) in [6.07, 6.45) is 0. The molecule has 0 amide bonds. The summed E-state index contributed by atoms with van der Waals surface area (Å²) < 4.78 is 10.7. The van der Waals surface area contributed by atoms with Crippen molar-refractivity contribution in [2.45, 2.75) is 13.8 Å². The maximum absolute atomic E-state index is 12.4. The summed E-state index contributed by atoms with van der Waals surface area (Å²) >= 11 is 1.25. The van der Waals surface area contributed by atoms with Gasteiger partial charge in [-0.05, 0) is 19.4 Å². The fourth-order valence-electron chi connectivity index (χ4n) is 3.40. The van der Waals surface area contributed by atoms with E-state index in [9.17, 15) is 14.9 Å². The quantitative estimate of drug-likeness (QED) is 0.345. The van der Waals surface area contributed by atoms with E-state index in [1.807, 2.05) is 6.92 Å². The monoisotopic (exact) mass is 428 g/mol. The largest absolute Gasteiger partial charge is 0.462 e. The molecule has 0 radical (unpaired) electrons. The van der Waals surface area contributed by atoms with Crippen molar-refractivity contribution in [3.05, 3.63) is 44.8 Å². The van der Waals surface area contributed by atoms with E-state index in [0.717, 1.165) is 10.9 Å². The summed E-state index contributed by atoms with van der Waals surface area (Å²) in [4.78, 5) is 35.8. The summed E-state index contributed by atoms with van der Waals surface area (Å²) in [5, 5.41) is 12.0. The second-order valence-electron chi connectivity index (χ2n) is 6.73. The second-order valence-corrected chi connectivity index (χ2v) is 7.73. The number of rotatable bonds is 5. The lowest BCUT2D eigenvalue weighted by atomic mass is 10.1. The number of anilines is 1. The zero-order valence-corrected chi connectivity index (χ0v) is 17.4. The first-order valence-electron chi connectivity index (χ1n) is 9.55. The standard InChI is InChI=1S/C20H20N4O5S/c1-3-29-20(25)16-12(2)15-18(23-7-9-28-10-8-23)21-17(22-19(15)30-16)13-5-4-6-14(11-13)24(26)27/h4-6,11H,3,7-10H2,1-2H3. The minimum absolute atomic E-state index is 0.0290. The molecule has 156 valence electrons. The number of aryl methyl sites for hydroxylation is 1. The average molecular weight is 428 g/mol. The van der Waals surface area contributed by atoms with Gasteiger partial charge in [-0.3, -0.25) is 10.1 Å². The minimum atomic E-state index is -0.445. The molecule has 1 aromatic carbocycles. The number of benzene rings is 1. The minimum Gasteiger partial charge on any atom is -0.462 e. The highest BCUT2D eigenvalue weighted by Gasteiger charge is 2.25. The van der Waals surface area contributed by atoms with Crippen LogP contribution in [0.2, 0.25) is 0 Å². The molecule has 1 saturated heterocycles. The summed E-state index contributed by atoms with van der Waals surface area (Å²) in [7, 11) is 0. The molecule has 0 atom stereocenters. The zero-order chi connectivity index (χ0) is 21.3. The van der Waals surface area contributed by atoms with Crippen molar-refractivity contribution in [3.63, 3.8) is 0 Å². The number of aromatic nitrogens is 2. The van der Waals surface area contributed by atoms with Gasteiger partial charge in [0, 0.05) is 30.8 Å². The van der Waals surface area contributed by atoms with Crippen LogP contribution in [0.4, 0.5) is 11.5 Å². The van der Waals surface area contributed by atoms with E-state index in [2.05, 4.69) is 9.88 Å². The van der Waals surface area contributed by atoms with Gasteiger partial charge in [-0.1, -0.05) is 12.1 Å². The number of nitro groups is 1. The van der Waals surface area contributed by atoms with Crippen LogP contribution in [0.15, 0.2) is 24.3 Å². The molecular formula is C20H20N4O5S. The molecule has 3 heterocycles. The Hall–Kier alpha value is -3.11. The molecular weight excluding hydrogens is 408 g/mol. The zero-order valence-electron chi connectivity index (χ0n) is 16.6. The number of esters is 1. The van der Waals surface area contributed by atoms with Crippen molar-refractivity contribution >= 4 is 39.0 Å². The highest BCUT2D eigenvalue weighted by atomic mass is 32.1. The number of fused-ring (bicyclic) bond motifs is 1. The highest BCUT2D eigenvalue weighted by molar-refractivity contribution is 7.20. The number of nitro benzene ring substituents is 1. The molecule has 1 aliphatic heterocycles. The second kappa shape index (κ2) is 8.33. The SMILES string of the molecule is CCOC(=O)c1sc2nc(-c3cccc([N+](=O)[O-])c3)nc(N3CCOCC3)c2c1C. The van der Waals surface area contributed by atoms with Gasteiger partial charge in [-0.15, -0.1) is 11.3 Å². The lowest BCUT2D eigenvalue weighted by Crippen LogP contribution is -2.37. The predicted octanol–water partition coefficient (Wildman–Crippen LogP) is 3.59. The Kier molecular flexibility index (Phi) is 5.60. The number of hydrogen-bond donors (Lipinski definition) is 0. The van der Waals surface area contributed by atoms with Gasteiger partial charge in [0.1, 0.15) is 15.5 Å². The average Bonchev–Trinajstić information content (AvgIpc) is 3.10. The van der Waals surface area contributed by atoms with Crippen LogP contribution in [0.5, 0.6) is 0 Å². The lowest BCUT2D eigenvalue weighted by molar-refractivity contribution is -0.384. The van der Waals surface area contributed by atoms with Gasteiger partial charge in [-0.25, -0.2) is 14.8 Å². The first-order chi connectivity index (χ1) is 14.5. The van der Waals surface area contributed by atoms with Crippen molar-refractivity contribution in [1.82, 2.24) is 9.97 Å². The normalized spacial score (nSPS) is 14.1. The fraction of sp³-hybridized carbons (Fsp3) is 0.350. The molecule has 0 saturated carbocycles. The molecule has 4 rings (SSSR count). The molecule has 0 unspecified atom stereocenters. The van der Waals surface area contributed by atoms with Gasteiger partial charge in [0.05, 0.1) is 30.1 Å². The van der Waals surface area contributed by atoms with Crippen molar-refractivity contribution in [3.8, 4) is 11.4 Å². The molecule has 0 N–H and O–H groups in total. The number of thiophene rings is 1. The molecule has 1 aliphatic rings. The maximum Gasteiger partial charge on any atom is 0.348 e. The number of non-ortho nitro benzene ring substituents is 1. The van der Waals surface area contributed by atoms with Crippen molar-refractivity contribution in [2.24, 2.45) is 0 Å². The Bertz CT molecular complexity index is 1120. The summed E-state index contributed by atoms with van der Waals surface area (Å²) in [6.45, 7) is 6.38. The van der Waals surface area contributed by atoms with Crippen LogP contribution >= 0.6 is 11.3 Å². The number of ether oxygens (including phenoxy) is 2. The Balaban J connectivity index is 1.91. The number of hydrogen-bond acceptors (Lipinski definition) is 9. The van der Waals surface area contributed by atoms with E-state index >= 15 is 0 Å². The smallest absolute Gasteiger partial charge is 0.348 e. The fourth-order valence-corrected chi connectivity index (χ4v) is 4.47.